The highest BCUT2D eigenvalue weighted by Crippen LogP contribution is 2.22. The van der Waals surface area contributed by atoms with Crippen LogP contribution in [-0.2, 0) is 26.2 Å². The number of hydrogen-bond acceptors (Lipinski definition) is 3. The maximum Gasteiger partial charge on any atom is 0.326 e. The van der Waals surface area contributed by atoms with Crippen molar-refractivity contribution in [2.24, 2.45) is 5.92 Å². The molecular formula is C18H25NO4. The number of carbonyl (C=O) groups excluding carboxylic acids is 1. The van der Waals surface area contributed by atoms with Crippen LogP contribution in [0.1, 0.15) is 38.3 Å². The fourth-order valence-electron chi connectivity index (χ4n) is 2.61. The van der Waals surface area contributed by atoms with Crippen molar-refractivity contribution in [1.82, 2.24) is 5.32 Å². The largest absolute Gasteiger partial charge is 0.480 e. The zero-order valence-electron chi connectivity index (χ0n) is 14.0. The van der Waals surface area contributed by atoms with E-state index in [1.165, 1.54) is 5.56 Å². The van der Waals surface area contributed by atoms with Crippen LogP contribution in [0, 0.1) is 5.92 Å². The Bertz CT molecular complexity index is 553. The number of rotatable bonds is 5. The summed E-state index contributed by atoms with van der Waals surface area (Å²) in [4.78, 5) is 23.5. The molecule has 1 aromatic carbocycles. The van der Waals surface area contributed by atoms with Crippen LogP contribution in [0.5, 0.6) is 0 Å². The summed E-state index contributed by atoms with van der Waals surface area (Å²) >= 11 is 0. The number of hydrogen-bond donors (Lipinski definition) is 2. The van der Waals surface area contributed by atoms with E-state index in [1.807, 2.05) is 24.3 Å². The van der Waals surface area contributed by atoms with Crippen LogP contribution in [0.3, 0.4) is 0 Å². The molecule has 1 heterocycles. The Hall–Kier alpha value is -1.88. The Morgan fingerprint density at radius 3 is 2.43 bits per heavy atom. The first kappa shape index (κ1) is 17.5. The topological polar surface area (TPSA) is 75.6 Å². The van der Waals surface area contributed by atoms with Gasteiger partial charge in [0, 0.05) is 13.0 Å². The zero-order valence-corrected chi connectivity index (χ0v) is 14.0. The minimum atomic E-state index is -1.02. The number of carboxylic acids is 1. The van der Waals surface area contributed by atoms with Gasteiger partial charge in [0.2, 0.25) is 5.91 Å². The van der Waals surface area contributed by atoms with E-state index in [0.29, 0.717) is 19.6 Å². The van der Waals surface area contributed by atoms with Crippen molar-refractivity contribution in [1.29, 1.82) is 0 Å². The molecule has 0 radical (unpaired) electrons. The van der Waals surface area contributed by atoms with Crippen LogP contribution in [0.25, 0.3) is 0 Å². The number of amides is 1. The molecule has 1 aliphatic rings. The third-order valence-electron chi connectivity index (χ3n) is 4.17. The summed E-state index contributed by atoms with van der Waals surface area (Å²) in [5, 5.41) is 12.0. The molecule has 1 fully saturated rings. The van der Waals surface area contributed by atoms with Gasteiger partial charge in [-0.15, -0.1) is 0 Å². The maximum atomic E-state index is 12.1. The molecule has 1 amide bonds. The van der Waals surface area contributed by atoms with Crippen molar-refractivity contribution in [2.75, 3.05) is 13.2 Å². The normalized spacial score (nSPS) is 19.3. The minimum absolute atomic E-state index is 0.0570. The predicted molar refractivity (Wildman–Crippen MR) is 87.3 cm³/mol. The summed E-state index contributed by atoms with van der Waals surface area (Å²) in [6.07, 6.45) is 0.928. The molecule has 5 nitrogen and oxygen atoms in total. The molecule has 23 heavy (non-hydrogen) atoms. The molecule has 0 aliphatic carbocycles. The molecule has 0 unspecified atom stereocenters. The SMILES string of the molecule is CC(C)(C)c1ccc(C[C@H](NC(=O)[C@H]2CCOC2)C(=O)O)cc1. The first-order chi connectivity index (χ1) is 10.8. The second kappa shape index (κ2) is 7.13. The fourth-order valence-corrected chi connectivity index (χ4v) is 2.61. The lowest BCUT2D eigenvalue weighted by molar-refractivity contribution is -0.142. The molecule has 0 saturated carbocycles. The van der Waals surface area contributed by atoms with Gasteiger partial charge >= 0.3 is 5.97 Å². The number of carbonyl (C=O) groups is 2. The smallest absolute Gasteiger partial charge is 0.326 e. The van der Waals surface area contributed by atoms with Gasteiger partial charge in [-0.3, -0.25) is 4.79 Å². The average Bonchev–Trinajstić information content (AvgIpc) is 3.00. The van der Waals surface area contributed by atoms with E-state index in [1.54, 1.807) is 0 Å². The standard InChI is InChI=1S/C18H25NO4/c1-18(2,3)14-6-4-12(5-7-14)10-15(17(21)22)19-16(20)13-8-9-23-11-13/h4-7,13,15H,8-11H2,1-3H3,(H,19,20)(H,21,22)/t13-,15-/m0/s1. The zero-order chi connectivity index (χ0) is 17.0. The maximum absolute atomic E-state index is 12.1. The van der Waals surface area contributed by atoms with Crippen LogP contribution in [0.4, 0.5) is 0 Å². The van der Waals surface area contributed by atoms with Gasteiger partial charge in [-0.25, -0.2) is 4.79 Å². The summed E-state index contributed by atoms with van der Waals surface area (Å²) in [6, 6.07) is 6.98. The van der Waals surface area contributed by atoms with Crippen molar-refractivity contribution in [3.63, 3.8) is 0 Å². The fraction of sp³-hybridized carbons (Fsp3) is 0.556. The van der Waals surface area contributed by atoms with E-state index < -0.39 is 12.0 Å². The summed E-state index contributed by atoms with van der Waals surface area (Å²) in [6.45, 7) is 7.33. The first-order valence-electron chi connectivity index (χ1n) is 7.97. The Morgan fingerprint density at radius 1 is 1.30 bits per heavy atom. The van der Waals surface area contributed by atoms with Crippen molar-refractivity contribution < 1.29 is 19.4 Å². The van der Waals surface area contributed by atoms with Crippen molar-refractivity contribution in [3.05, 3.63) is 35.4 Å². The van der Waals surface area contributed by atoms with Crippen LogP contribution in [-0.4, -0.2) is 36.2 Å². The molecule has 126 valence electrons. The first-order valence-corrected chi connectivity index (χ1v) is 7.97. The lowest BCUT2D eigenvalue weighted by Gasteiger charge is -2.20. The quantitative estimate of drug-likeness (QED) is 0.872. The van der Waals surface area contributed by atoms with E-state index >= 15 is 0 Å². The van der Waals surface area contributed by atoms with Crippen LogP contribution in [0.15, 0.2) is 24.3 Å². The van der Waals surface area contributed by atoms with Gasteiger partial charge in [0.1, 0.15) is 6.04 Å². The molecule has 5 heteroatoms. The van der Waals surface area contributed by atoms with E-state index in [-0.39, 0.29) is 23.7 Å². The van der Waals surface area contributed by atoms with Gasteiger partial charge in [-0.1, -0.05) is 45.0 Å². The Balaban J connectivity index is 2.01. The number of ether oxygens (including phenoxy) is 1. The molecule has 1 saturated heterocycles. The van der Waals surface area contributed by atoms with E-state index in [0.717, 1.165) is 5.56 Å². The summed E-state index contributed by atoms with van der Waals surface area (Å²) in [5.41, 5.74) is 2.15. The summed E-state index contributed by atoms with van der Waals surface area (Å²) in [7, 11) is 0. The average molecular weight is 319 g/mol. The molecular weight excluding hydrogens is 294 g/mol. The highest BCUT2D eigenvalue weighted by molar-refractivity contribution is 5.85. The summed E-state index contributed by atoms with van der Waals surface area (Å²) in [5.74, 6) is -1.49. The van der Waals surface area contributed by atoms with Crippen molar-refractivity contribution in [2.45, 2.75) is 45.1 Å². The molecule has 1 aromatic rings. The minimum Gasteiger partial charge on any atom is -0.480 e. The number of aliphatic carboxylic acids is 1. The molecule has 1 aliphatic heterocycles. The molecule has 0 aromatic heterocycles. The van der Waals surface area contributed by atoms with Gasteiger partial charge in [0.05, 0.1) is 12.5 Å². The monoisotopic (exact) mass is 319 g/mol. The molecule has 0 spiro atoms. The van der Waals surface area contributed by atoms with E-state index in [9.17, 15) is 14.7 Å². The molecule has 2 rings (SSSR count). The number of benzene rings is 1. The second-order valence-electron chi connectivity index (χ2n) is 7.11. The van der Waals surface area contributed by atoms with Crippen LogP contribution < -0.4 is 5.32 Å². The van der Waals surface area contributed by atoms with Gasteiger partial charge < -0.3 is 15.2 Å². The highest BCUT2D eigenvalue weighted by atomic mass is 16.5. The number of carboxylic acid groups (broad SMARTS) is 1. The molecule has 2 N–H and O–H groups in total. The van der Waals surface area contributed by atoms with Gasteiger partial charge in [0.15, 0.2) is 0 Å². The third-order valence-corrected chi connectivity index (χ3v) is 4.17. The summed E-state index contributed by atoms with van der Waals surface area (Å²) < 4.78 is 5.18. The molecule has 0 bridgehead atoms. The van der Waals surface area contributed by atoms with Gasteiger partial charge in [-0.05, 0) is 23.0 Å². The second-order valence-corrected chi connectivity index (χ2v) is 7.11. The van der Waals surface area contributed by atoms with Crippen LogP contribution in [0.2, 0.25) is 0 Å². The van der Waals surface area contributed by atoms with Crippen molar-refractivity contribution >= 4 is 11.9 Å². The van der Waals surface area contributed by atoms with Crippen LogP contribution >= 0.6 is 0 Å². The third kappa shape index (κ3) is 4.79. The predicted octanol–water partition coefficient (Wildman–Crippen LogP) is 2.13. The Morgan fingerprint density at radius 2 is 1.96 bits per heavy atom. The number of nitrogens with one attached hydrogen (secondary N) is 1. The highest BCUT2D eigenvalue weighted by Gasteiger charge is 2.28. The van der Waals surface area contributed by atoms with E-state index in [4.69, 9.17) is 4.74 Å². The Labute approximate surface area is 137 Å². The van der Waals surface area contributed by atoms with Crippen molar-refractivity contribution in [3.8, 4) is 0 Å². The Kier molecular flexibility index (Phi) is 5.42. The van der Waals surface area contributed by atoms with Gasteiger partial charge in [-0.2, -0.15) is 0 Å². The lowest BCUT2D eigenvalue weighted by atomic mass is 9.86. The lowest BCUT2D eigenvalue weighted by Crippen LogP contribution is -2.45. The van der Waals surface area contributed by atoms with E-state index in [2.05, 4.69) is 26.1 Å². The molecule has 2 atom stereocenters. The van der Waals surface area contributed by atoms with Gasteiger partial charge in [0.25, 0.3) is 0 Å².